The van der Waals surface area contributed by atoms with Gasteiger partial charge in [0.1, 0.15) is 6.04 Å². The van der Waals surface area contributed by atoms with Crippen molar-refractivity contribution >= 4 is 33.0 Å². The Morgan fingerprint density at radius 1 is 1.36 bits per heavy atom. The van der Waals surface area contributed by atoms with Gasteiger partial charge in [0.2, 0.25) is 5.91 Å². The van der Waals surface area contributed by atoms with Crippen LogP contribution in [0.2, 0.25) is 5.02 Å². The lowest BCUT2D eigenvalue weighted by atomic mass is 10.0. The van der Waals surface area contributed by atoms with Crippen molar-refractivity contribution in [3.63, 3.8) is 0 Å². The molecule has 158 valence electrons. The molecule has 2 rings (SSSR count). The van der Waals surface area contributed by atoms with Crippen LogP contribution >= 0.6 is 11.6 Å². The van der Waals surface area contributed by atoms with E-state index < -0.39 is 33.7 Å². The fraction of sp³-hybridized carbons (Fsp3) is 0.611. The maximum Gasteiger partial charge on any atom is 0.416 e. The van der Waals surface area contributed by atoms with Crippen molar-refractivity contribution in [2.75, 3.05) is 23.4 Å². The van der Waals surface area contributed by atoms with E-state index >= 15 is 0 Å². The van der Waals surface area contributed by atoms with E-state index in [1.165, 1.54) is 11.0 Å². The largest absolute Gasteiger partial charge is 0.416 e. The zero-order chi connectivity index (χ0) is 21.3. The number of nitrogens with zero attached hydrogens (tertiary/aromatic N) is 1. The molecule has 10 heteroatoms. The fourth-order valence-corrected chi connectivity index (χ4v) is 5.25. The molecule has 2 atom stereocenters. The summed E-state index contributed by atoms with van der Waals surface area (Å²) < 4.78 is 62.0. The molecule has 0 radical (unpaired) electrons. The summed E-state index contributed by atoms with van der Waals surface area (Å²) in [5.74, 6) is -0.516. The molecule has 5 nitrogen and oxygen atoms in total. The minimum Gasteiger partial charge on any atom is -0.372 e. The topological polar surface area (TPSA) is 66.5 Å². The Kier molecular flexibility index (Phi) is 6.91. The summed E-state index contributed by atoms with van der Waals surface area (Å²) in [5, 5.41) is 2.81. The van der Waals surface area contributed by atoms with E-state index in [2.05, 4.69) is 5.32 Å². The average molecular weight is 441 g/mol. The Balaban J connectivity index is 2.24. The van der Waals surface area contributed by atoms with Crippen LogP contribution in [0.4, 0.5) is 18.9 Å². The second-order valence-electron chi connectivity index (χ2n) is 7.24. The maximum absolute atomic E-state index is 13.1. The van der Waals surface area contributed by atoms with E-state index in [0.717, 1.165) is 12.1 Å². The van der Waals surface area contributed by atoms with Crippen LogP contribution in [0.25, 0.3) is 0 Å². The SMILES string of the molecule is CCN(C(=O)[C@H](Nc1ccc(C(F)(F)F)cc1Cl)C(C)C)[C@H]1CCS(=O)(=O)C1. The smallest absolute Gasteiger partial charge is 0.372 e. The number of halogens is 4. The second kappa shape index (κ2) is 8.49. The summed E-state index contributed by atoms with van der Waals surface area (Å²) in [6, 6.07) is 1.76. The highest BCUT2D eigenvalue weighted by Gasteiger charge is 2.37. The summed E-state index contributed by atoms with van der Waals surface area (Å²) in [7, 11) is -3.16. The quantitative estimate of drug-likeness (QED) is 0.730. The lowest BCUT2D eigenvalue weighted by Gasteiger charge is -2.33. The molecule has 1 aromatic rings. The van der Waals surface area contributed by atoms with Crippen LogP contribution in [0.1, 0.15) is 32.8 Å². The number of anilines is 1. The van der Waals surface area contributed by atoms with Crippen LogP contribution in [0.15, 0.2) is 18.2 Å². The molecule has 1 aliphatic rings. The van der Waals surface area contributed by atoms with Crippen molar-refractivity contribution in [3.8, 4) is 0 Å². The van der Waals surface area contributed by atoms with Gasteiger partial charge in [-0.1, -0.05) is 25.4 Å². The van der Waals surface area contributed by atoms with Gasteiger partial charge in [-0.05, 0) is 37.5 Å². The molecule has 1 amide bonds. The molecule has 1 saturated heterocycles. The van der Waals surface area contributed by atoms with Crippen molar-refractivity contribution in [2.45, 2.75) is 45.5 Å². The van der Waals surface area contributed by atoms with Gasteiger partial charge in [0.15, 0.2) is 9.84 Å². The second-order valence-corrected chi connectivity index (χ2v) is 9.88. The molecule has 0 saturated carbocycles. The monoisotopic (exact) mass is 440 g/mol. The van der Waals surface area contributed by atoms with Crippen LogP contribution in [-0.2, 0) is 20.8 Å². The molecule has 0 unspecified atom stereocenters. The number of carbonyl (C=O) groups is 1. The molecular formula is C18H24ClF3N2O3S. The third-order valence-corrected chi connectivity index (χ3v) is 6.88. The van der Waals surface area contributed by atoms with Crippen molar-refractivity contribution in [1.29, 1.82) is 0 Å². The van der Waals surface area contributed by atoms with Gasteiger partial charge < -0.3 is 10.2 Å². The van der Waals surface area contributed by atoms with Gasteiger partial charge in [-0.3, -0.25) is 4.79 Å². The number of hydrogen-bond donors (Lipinski definition) is 1. The zero-order valence-corrected chi connectivity index (χ0v) is 17.5. The standard InChI is InChI=1S/C18H24ClF3N2O3S/c1-4-24(13-7-8-28(26,27)10-13)17(25)16(11(2)3)23-15-6-5-12(9-14(15)19)18(20,21)22/h5-6,9,11,13,16,23H,4,7-8,10H2,1-3H3/t13-,16+/m0/s1. The first-order valence-corrected chi connectivity index (χ1v) is 11.2. The molecule has 1 fully saturated rings. The minimum atomic E-state index is -4.51. The summed E-state index contributed by atoms with van der Waals surface area (Å²) >= 11 is 6.00. The van der Waals surface area contributed by atoms with Gasteiger partial charge in [0, 0.05) is 12.6 Å². The highest BCUT2D eigenvalue weighted by atomic mass is 35.5. The predicted molar refractivity (Wildman–Crippen MR) is 103 cm³/mol. The maximum atomic E-state index is 13.1. The van der Waals surface area contributed by atoms with Gasteiger partial charge in [-0.2, -0.15) is 13.2 Å². The Labute approximate surface area is 168 Å². The summed E-state index contributed by atoms with van der Waals surface area (Å²) in [5.41, 5.74) is -0.654. The molecule has 0 bridgehead atoms. The zero-order valence-electron chi connectivity index (χ0n) is 15.9. The van der Waals surface area contributed by atoms with Crippen LogP contribution in [0, 0.1) is 5.92 Å². The van der Waals surface area contributed by atoms with Crippen molar-refractivity contribution < 1.29 is 26.4 Å². The first-order chi connectivity index (χ1) is 12.9. The number of nitrogens with one attached hydrogen (secondary N) is 1. The molecule has 0 spiro atoms. The van der Waals surface area contributed by atoms with Gasteiger partial charge in [-0.15, -0.1) is 0 Å². The first kappa shape index (κ1) is 22.8. The molecule has 0 aliphatic carbocycles. The molecular weight excluding hydrogens is 417 g/mol. The molecule has 1 aliphatic heterocycles. The summed E-state index contributed by atoms with van der Waals surface area (Å²) in [6.45, 7) is 5.70. The average Bonchev–Trinajstić information content (AvgIpc) is 2.92. The van der Waals surface area contributed by atoms with Crippen molar-refractivity contribution in [1.82, 2.24) is 4.90 Å². The van der Waals surface area contributed by atoms with Gasteiger partial charge in [0.25, 0.3) is 0 Å². The molecule has 28 heavy (non-hydrogen) atoms. The van der Waals surface area contributed by atoms with E-state index in [1.807, 2.05) is 0 Å². The van der Waals surface area contributed by atoms with Gasteiger partial charge in [0.05, 0.1) is 27.8 Å². The molecule has 0 aromatic heterocycles. The van der Waals surface area contributed by atoms with Crippen LogP contribution in [0.3, 0.4) is 0 Å². The van der Waals surface area contributed by atoms with Crippen molar-refractivity contribution in [3.05, 3.63) is 28.8 Å². The highest BCUT2D eigenvalue weighted by Crippen LogP contribution is 2.34. The fourth-order valence-electron chi connectivity index (χ4n) is 3.28. The number of carbonyl (C=O) groups excluding carboxylic acids is 1. The number of rotatable bonds is 6. The predicted octanol–water partition coefficient (Wildman–Crippen LogP) is 3.83. The Hall–Kier alpha value is -1.48. The van der Waals surface area contributed by atoms with Crippen LogP contribution < -0.4 is 5.32 Å². The number of amides is 1. The van der Waals surface area contributed by atoms with E-state index in [4.69, 9.17) is 11.6 Å². The van der Waals surface area contributed by atoms with Crippen LogP contribution in [0.5, 0.6) is 0 Å². The van der Waals surface area contributed by atoms with Crippen molar-refractivity contribution in [2.24, 2.45) is 5.92 Å². The van der Waals surface area contributed by atoms with E-state index in [-0.39, 0.29) is 34.0 Å². The number of benzene rings is 1. The Bertz CT molecular complexity index is 828. The first-order valence-electron chi connectivity index (χ1n) is 9.00. The number of alkyl halides is 3. The minimum absolute atomic E-state index is 0.0476. The molecule has 1 N–H and O–H groups in total. The number of sulfone groups is 1. The third kappa shape index (κ3) is 5.31. The van der Waals surface area contributed by atoms with E-state index in [9.17, 15) is 26.4 Å². The highest BCUT2D eigenvalue weighted by molar-refractivity contribution is 7.91. The number of likely N-dealkylation sites (N-methyl/N-ethyl adjacent to an activating group) is 1. The molecule has 1 heterocycles. The summed E-state index contributed by atoms with van der Waals surface area (Å²) in [6.07, 6.45) is -4.13. The van der Waals surface area contributed by atoms with Crippen LogP contribution in [-0.4, -0.2) is 49.4 Å². The van der Waals surface area contributed by atoms with Gasteiger partial charge in [-0.25, -0.2) is 8.42 Å². The lowest BCUT2D eigenvalue weighted by Crippen LogP contribution is -2.50. The van der Waals surface area contributed by atoms with E-state index in [1.54, 1.807) is 20.8 Å². The lowest BCUT2D eigenvalue weighted by molar-refractivity contribution is -0.137. The third-order valence-electron chi connectivity index (χ3n) is 4.81. The van der Waals surface area contributed by atoms with E-state index in [0.29, 0.717) is 13.0 Å². The Morgan fingerprint density at radius 3 is 2.43 bits per heavy atom. The summed E-state index contributed by atoms with van der Waals surface area (Å²) in [4.78, 5) is 14.6. The molecule has 1 aromatic carbocycles. The Morgan fingerprint density at radius 2 is 2.00 bits per heavy atom. The number of hydrogen-bond acceptors (Lipinski definition) is 4. The van der Waals surface area contributed by atoms with Gasteiger partial charge >= 0.3 is 6.18 Å². The normalized spacial score (nSPS) is 20.2.